The minimum Gasteiger partial charge on any atom is -0.493 e. The summed E-state index contributed by atoms with van der Waals surface area (Å²) in [5, 5.41) is 4.75. The lowest BCUT2D eigenvalue weighted by molar-refractivity contribution is 0.173. The number of aryl methyl sites for hydroxylation is 1. The van der Waals surface area contributed by atoms with Crippen LogP contribution in [-0.2, 0) is 6.54 Å². The normalized spacial score (nSPS) is 12.7. The summed E-state index contributed by atoms with van der Waals surface area (Å²) in [6, 6.07) is 5.57. The Morgan fingerprint density at radius 1 is 1.32 bits per heavy atom. The van der Waals surface area contributed by atoms with E-state index in [-0.39, 0.29) is 6.79 Å². The fraction of sp³-hybridized carbons (Fsp3) is 0.308. The van der Waals surface area contributed by atoms with Gasteiger partial charge in [0.1, 0.15) is 5.75 Å². The minimum atomic E-state index is 0.277. The standard InChI is InChI=1S/C13H13ClN2O3/c14-10-7-15-16(8-10)4-1-5-17-11-2-3-12-13(6-11)19-9-18-12/h2-3,6-8H,1,4-5,9H2. The van der Waals surface area contributed by atoms with E-state index in [1.807, 2.05) is 18.2 Å². The van der Waals surface area contributed by atoms with E-state index in [9.17, 15) is 0 Å². The van der Waals surface area contributed by atoms with Crippen LogP contribution < -0.4 is 14.2 Å². The quantitative estimate of drug-likeness (QED) is 0.790. The summed E-state index contributed by atoms with van der Waals surface area (Å²) in [6.07, 6.45) is 4.27. The van der Waals surface area contributed by atoms with Gasteiger partial charge in [0.05, 0.1) is 17.8 Å². The highest BCUT2D eigenvalue weighted by atomic mass is 35.5. The van der Waals surface area contributed by atoms with E-state index >= 15 is 0 Å². The number of ether oxygens (including phenoxy) is 3. The predicted octanol–water partition coefficient (Wildman–Crippen LogP) is 2.73. The van der Waals surface area contributed by atoms with Crippen molar-refractivity contribution in [3.8, 4) is 17.2 Å². The first-order chi connectivity index (χ1) is 9.31. The Bertz CT molecular complexity index is 571. The molecule has 2 aromatic rings. The fourth-order valence-electron chi connectivity index (χ4n) is 1.84. The van der Waals surface area contributed by atoms with Gasteiger partial charge in [-0.15, -0.1) is 0 Å². The first kappa shape index (κ1) is 12.2. The van der Waals surface area contributed by atoms with E-state index in [4.69, 9.17) is 25.8 Å². The summed E-state index contributed by atoms with van der Waals surface area (Å²) in [5.74, 6) is 2.28. The second-order valence-corrected chi connectivity index (χ2v) is 4.58. The lowest BCUT2D eigenvalue weighted by Crippen LogP contribution is -2.04. The third-order valence-corrected chi connectivity index (χ3v) is 2.94. The van der Waals surface area contributed by atoms with Gasteiger partial charge in [-0.05, 0) is 12.1 Å². The number of hydrogen-bond acceptors (Lipinski definition) is 4. The Morgan fingerprint density at radius 2 is 2.21 bits per heavy atom. The molecule has 0 spiro atoms. The number of halogens is 1. The van der Waals surface area contributed by atoms with Gasteiger partial charge in [0.25, 0.3) is 0 Å². The maximum absolute atomic E-state index is 5.78. The summed E-state index contributed by atoms with van der Waals surface area (Å²) in [5.41, 5.74) is 0. The van der Waals surface area contributed by atoms with Crippen molar-refractivity contribution in [2.75, 3.05) is 13.4 Å². The monoisotopic (exact) mass is 280 g/mol. The van der Waals surface area contributed by atoms with Crippen LogP contribution >= 0.6 is 11.6 Å². The van der Waals surface area contributed by atoms with E-state index < -0.39 is 0 Å². The Kier molecular flexibility index (Phi) is 3.46. The van der Waals surface area contributed by atoms with Gasteiger partial charge in [0, 0.05) is 25.2 Å². The molecule has 100 valence electrons. The predicted molar refractivity (Wildman–Crippen MR) is 69.9 cm³/mol. The summed E-state index contributed by atoms with van der Waals surface area (Å²) in [7, 11) is 0. The SMILES string of the molecule is Clc1cnn(CCCOc2ccc3c(c2)OCO3)c1. The molecule has 19 heavy (non-hydrogen) atoms. The maximum atomic E-state index is 5.78. The van der Waals surface area contributed by atoms with Crippen LogP contribution in [0.3, 0.4) is 0 Å². The second-order valence-electron chi connectivity index (χ2n) is 4.14. The molecule has 6 heteroatoms. The molecular formula is C13H13ClN2O3. The van der Waals surface area contributed by atoms with Gasteiger partial charge >= 0.3 is 0 Å². The van der Waals surface area contributed by atoms with Gasteiger partial charge in [-0.1, -0.05) is 11.6 Å². The molecule has 0 bridgehead atoms. The molecule has 0 saturated carbocycles. The molecule has 2 heterocycles. The molecule has 0 N–H and O–H groups in total. The molecule has 0 amide bonds. The van der Waals surface area contributed by atoms with E-state index in [1.54, 1.807) is 17.1 Å². The van der Waals surface area contributed by atoms with Gasteiger partial charge < -0.3 is 14.2 Å². The topological polar surface area (TPSA) is 45.5 Å². The Balaban J connectivity index is 1.47. The number of rotatable bonds is 5. The minimum absolute atomic E-state index is 0.277. The van der Waals surface area contributed by atoms with Crippen molar-refractivity contribution < 1.29 is 14.2 Å². The molecule has 0 radical (unpaired) electrons. The van der Waals surface area contributed by atoms with Crippen LogP contribution in [0, 0.1) is 0 Å². The van der Waals surface area contributed by atoms with Gasteiger partial charge in [0.15, 0.2) is 11.5 Å². The van der Waals surface area contributed by atoms with Gasteiger partial charge in [-0.2, -0.15) is 5.10 Å². The third-order valence-electron chi connectivity index (χ3n) is 2.75. The van der Waals surface area contributed by atoms with E-state index in [2.05, 4.69) is 5.10 Å². The fourth-order valence-corrected chi connectivity index (χ4v) is 2.00. The number of fused-ring (bicyclic) bond motifs is 1. The van der Waals surface area contributed by atoms with Crippen LogP contribution in [0.2, 0.25) is 5.02 Å². The van der Waals surface area contributed by atoms with Gasteiger partial charge in [0.2, 0.25) is 6.79 Å². The third kappa shape index (κ3) is 2.93. The Morgan fingerprint density at radius 3 is 3.05 bits per heavy atom. The van der Waals surface area contributed by atoms with Crippen LogP contribution in [0.1, 0.15) is 6.42 Å². The number of benzene rings is 1. The summed E-state index contributed by atoms with van der Waals surface area (Å²) in [6.45, 7) is 1.66. The van der Waals surface area contributed by atoms with Crippen LogP contribution in [-0.4, -0.2) is 23.2 Å². The zero-order chi connectivity index (χ0) is 13.1. The molecular weight excluding hydrogens is 268 g/mol. The summed E-state index contributed by atoms with van der Waals surface area (Å²) >= 11 is 5.78. The molecule has 1 aliphatic heterocycles. The molecule has 0 unspecified atom stereocenters. The van der Waals surface area contributed by atoms with Crippen molar-refractivity contribution in [1.82, 2.24) is 9.78 Å². The van der Waals surface area contributed by atoms with Gasteiger partial charge in [-0.3, -0.25) is 4.68 Å². The molecule has 0 atom stereocenters. The van der Waals surface area contributed by atoms with Crippen molar-refractivity contribution >= 4 is 11.6 Å². The molecule has 1 aromatic heterocycles. The molecule has 0 saturated heterocycles. The largest absolute Gasteiger partial charge is 0.493 e. The van der Waals surface area contributed by atoms with Crippen molar-refractivity contribution in [1.29, 1.82) is 0 Å². The average molecular weight is 281 g/mol. The zero-order valence-electron chi connectivity index (χ0n) is 10.2. The van der Waals surface area contributed by atoms with Crippen LogP contribution in [0.4, 0.5) is 0 Å². The molecule has 0 aliphatic carbocycles. The summed E-state index contributed by atoms with van der Waals surface area (Å²) < 4.78 is 18.0. The number of nitrogens with zero attached hydrogens (tertiary/aromatic N) is 2. The maximum Gasteiger partial charge on any atom is 0.231 e. The zero-order valence-corrected chi connectivity index (χ0v) is 11.0. The molecule has 3 rings (SSSR count). The van der Waals surface area contributed by atoms with Crippen molar-refractivity contribution in [3.05, 3.63) is 35.6 Å². The average Bonchev–Trinajstić information content (AvgIpc) is 3.03. The lowest BCUT2D eigenvalue weighted by atomic mass is 10.3. The first-order valence-corrected chi connectivity index (χ1v) is 6.39. The molecule has 1 aliphatic rings. The first-order valence-electron chi connectivity index (χ1n) is 6.02. The molecule has 1 aromatic carbocycles. The highest BCUT2D eigenvalue weighted by molar-refractivity contribution is 6.30. The molecule has 5 nitrogen and oxygen atoms in total. The second kappa shape index (κ2) is 5.40. The van der Waals surface area contributed by atoms with E-state index in [0.29, 0.717) is 11.6 Å². The highest BCUT2D eigenvalue weighted by Crippen LogP contribution is 2.35. The van der Waals surface area contributed by atoms with E-state index in [0.717, 1.165) is 30.2 Å². The number of hydrogen-bond donors (Lipinski definition) is 0. The van der Waals surface area contributed by atoms with Crippen molar-refractivity contribution in [2.45, 2.75) is 13.0 Å². The number of aromatic nitrogens is 2. The van der Waals surface area contributed by atoms with E-state index in [1.165, 1.54) is 0 Å². The lowest BCUT2D eigenvalue weighted by Gasteiger charge is -2.07. The van der Waals surface area contributed by atoms with Crippen LogP contribution in [0.5, 0.6) is 17.2 Å². The Labute approximate surface area is 115 Å². The highest BCUT2D eigenvalue weighted by Gasteiger charge is 2.13. The smallest absolute Gasteiger partial charge is 0.231 e. The Hall–Kier alpha value is -1.88. The summed E-state index contributed by atoms with van der Waals surface area (Å²) in [4.78, 5) is 0. The van der Waals surface area contributed by atoms with Gasteiger partial charge in [-0.25, -0.2) is 0 Å². The van der Waals surface area contributed by atoms with Crippen LogP contribution in [0.25, 0.3) is 0 Å². The van der Waals surface area contributed by atoms with Crippen LogP contribution in [0.15, 0.2) is 30.6 Å². The van der Waals surface area contributed by atoms with Crippen molar-refractivity contribution in [2.24, 2.45) is 0 Å². The molecule has 0 fully saturated rings. The van der Waals surface area contributed by atoms with Crippen molar-refractivity contribution in [3.63, 3.8) is 0 Å².